The number of aromatic nitrogens is 2. The Bertz CT molecular complexity index is 1010. The van der Waals surface area contributed by atoms with Gasteiger partial charge in [-0.05, 0) is 25.0 Å². The summed E-state index contributed by atoms with van der Waals surface area (Å²) in [6.07, 6.45) is 1.77. The Morgan fingerprint density at radius 3 is 2.48 bits per heavy atom. The van der Waals surface area contributed by atoms with Gasteiger partial charge >= 0.3 is 0 Å². The number of rotatable bonds is 3. The molecule has 0 aliphatic carbocycles. The van der Waals surface area contributed by atoms with Gasteiger partial charge in [0.25, 0.3) is 5.91 Å². The van der Waals surface area contributed by atoms with E-state index in [0.29, 0.717) is 37.4 Å². The normalized spacial score (nSPS) is 15.4. The molecule has 27 heavy (non-hydrogen) atoms. The number of piperidine rings is 1. The number of fused-ring (bicyclic) bond motifs is 1. The van der Waals surface area contributed by atoms with E-state index in [-0.39, 0.29) is 6.04 Å². The molecule has 7 nitrogen and oxygen atoms in total. The number of thiophene rings is 1. The summed E-state index contributed by atoms with van der Waals surface area (Å²) in [6.45, 7) is 1.58. The van der Waals surface area contributed by atoms with E-state index < -0.39 is 5.91 Å². The van der Waals surface area contributed by atoms with Crippen LogP contribution in [0, 0.1) is 0 Å². The van der Waals surface area contributed by atoms with E-state index in [2.05, 4.69) is 9.88 Å². The van der Waals surface area contributed by atoms with E-state index in [0.717, 1.165) is 31.5 Å². The Hall–Kier alpha value is -2.42. The maximum atomic E-state index is 11.8. The Kier molecular flexibility index (Phi) is 4.63. The molecule has 140 valence electrons. The summed E-state index contributed by atoms with van der Waals surface area (Å²) in [5, 5.41) is 1.28. The summed E-state index contributed by atoms with van der Waals surface area (Å²) in [5.41, 5.74) is 19.6. The lowest BCUT2D eigenvalue weighted by atomic mass is 10.1. The molecule has 6 N–H and O–H groups in total. The van der Waals surface area contributed by atoms with E-state index in [1.807, 2.05) is 12.1 Å². The number of hydrogen-bond donors (Lipinski definition) is 3. The van der Waals surface area contributed by atoms with Crippen LogP contribution in [-0.4, -0.2) is 35.0 Å². The minimum absolute atomic E-state index is 0.208. The van der Waals surface area contributed by atoms with Crippen LogP contribution in [0.5, 0.6) is 0 Å². The first-order valence-corrected chi connectivity index (χ1v) is 9.79. The third-order valence-corrected chi connectivity index (χ3v) is 6.11. The summed E-state index contributed by atoms with van der Waals surface area (Å²) in [5.74, 6) is 0.0414. The molecule has 0 atom stereocenters. The van der Waals surface area contributed by atoms with Gasteiger partial charge in [-0.1, -0.05) is 23.7 Å². The predicted octanol–water partition coefficient (Wildman–Crippen LogP) is 2.62. The molecule has 9 heteroatoms. The highest BCUT2D eigenvalue weighted by molar-refractivity contribution is 7.21. The average molecular weight is 403 g/mol. The number of primary amides is 1. The first kappa shape index (κ1) is 18.0. The number of carbonyl (C=O) groups is 1. The van der Waals surface area contributed by atoms with Crippen molar-refractivity contribution < 1.29 is 4.79 Å². The second-order valence-electron chi connectivity index (χ2n) is 6.59. The summed E-state index contributed by atoms with van der Waals surface area (Å²) in [4.78, 5) is 24.3. The van der Waals surface area contributed by atoms with Gasteiger partial charge in [-0.3, -0.25) is 4.79 Å². The van der Waals surface area contributed by atoms with Gasteiger partial charge in [-0.15, -0.1) is 11.3 Å². The molecule has 1 aliphatic heterocycles. The zero-order chi connectivity index (χ0) is 19.1. The first-order valence-electron chi connectivity index (χ1n) is 8.60. The van der Waals surface area contributed by atoms with E-state index in [4.69, 9.17) is 33.8 Å². The van der Waals surface area contributed by atoms with Crippen LogP contribution in [0.25, 0.3) is 21.5 Å². The standard InChI is InChI=1S/C18H19ClN6OS/c19-10-3-1-9(2-4-10)14-12-13(21)15(16(22)26)27-17(12)24-18(23-14)25-7-5-11(20)6-8-25/h1-4,11H,5-8,20-21H2,(H2,22,26). The van der Waals surface area contributed by atoms with Gasteiger partial charge in [-0.2, -0.15) is 0 Å². The van der Waals surface area contributed by atoms with Crippen LogP contribution in [0.15, 0.2) is 24.3 Å². The van der Waals surface area contributed by atoms with Crippen molar-refractivity contribution in [3.05, 3.63) is 34.2 Å². The molecule has 0 spiro atoms. The molecule has 1 aromatic carbocycles. The highest BCUT2D eigenvalue weighted by Gasteiger charge is 2.24. The fourth-order valence-corrected chi connectivity index (χ4v) is 4.32. The van der Waals surface area contributed by atoms with Crippen molar-refractivity contribution in [3.63, 3.8) is 0 Å². The minimum Gasteiger partial charge on any atom is -0.397 e. The van der Waals surface area contributed by atoms with Crippen LogP contribution in [0.3, 0.4) is 0 Å². The molecule has 0 unspecified atom stereocenters. The maximum Gasteiger partial charge on any atom is 0.260 e. The Labute approximate surface area is 165 Å². The lowest BCUT2D eigenvalue weighted by Crippen LogP contribution is -2.40. The fraction of sp³-hybridized carbons (Fsp3) is 0.278. The smallest absolute Gasteiger partial charge is 0.260 e. The molecule has 0 saturated carbocycles. The number of nitrogens with two attached hydrogens (primary N) is 3. The second kappa shape index (κ2) is 6.95. The molecule has 1 saturated heterocycles. The van der Waals surface area contributed by atoms with Crippen molar-refractivity contribution in [1.82, 2.24) is 9.97 Å². The lowest BCUT2D eigenvalue weighted by Gasteiger charge is -2.30. The van der Waals surface area contributed by atoms with Gasteiger partial charge in [-0.25, -0.2) is 9.97 Å². The molecule has 4 rings (SSSR count). The Morgan fingerprint density at radius 2 is 1.85 bits per heavy atom. The second-order valence-corrected chi connectivity index (χ2v) is 8.03. The van der Waals surface area contributed by atoms with Crippen LogP contribution in [0.4, 0.5) is 11.6 Å². The molecular formula is C18H19ClN6OS. The molecular weight excluding hydrogens is 384 g/mol. The Balaban J connectivity index is 1.91. The molecule has 3 heterocycles. The van der Waals surface area contributed by atoms with Crippen molar-refractivity contribution >= 4 is 50.7 Å². The summed E-state index contributed by atoms with van der Waals surface area (Å²) in [6, 6.07) is 7.55. The zero-order valence-corrected chi connectivity index (χ0v) is 16.1. The monoisotopic (exact) mass is 402 g/mol. The van der Waals surface area contributed by atoms with Gasteiger partial charge in [0, 0.05) is 29.7 Å². The van der Waals surface area contributed by atoms with Crippen LogP contribution >= 0.6 is 22.9 Å². The van der Waals surface area contributed by atoms with Crippen LogP contribution < -0.4 is 22.1 Å². The van der Waals surface area contributed by atoms with Crippen LogP contribution in [0.2, 0.25) is 5.02 Å². The zero-order valence-electron chi connectivity index (χ0n) is 14.5. The number of benzene rings is 1. The van der Waals surface area contributed by atoms with Gasteiger partial charge in [0.2, 0.25) is 5.95 Å². The summed E-state index contributed by atoms with van der Waals surface area (Å²) >= 11 is 7.22. The number of halogens is 1. The predicted molar refractivity (Wildman–Crippen MR) is 110 cm³/mol. The highest BCUT2D eigenvalue weighted by Crippen LogP contribution is 2.39. The minimum atomic E-state index is -0.567. The van der Waals surface area contributed by atoms with Gasteiger partial charge in [0.05, 0.1) is 16.8 Å². The third-order valence-electron chi connectivity index (χ3n) is 4.74. The highest BCUT2D eigenvalue weighted by atomic mass is 35.5. The molecule has 0 bridgehead atoms. The number of hydrogen-bond acceptors (Lipinski definition) is 7. The van der Waals surface area contributed by atoms with Crippen LogP contribution in [-0.2, 0) is 0 Å². The number of amides is 1. The molecule has 1 aliphatic rings. The third kappa shape index (κ3) is 3.31. The topological polar surface area (TPSA) is 124 Å². The van der Waals surface area contributed by atoms with E-state index >= 15 is 0 Å². The van der Waals surface area contributed by atoms with Crippen molar-refractivity contribution in [2.24, 2.45) is 11.5 Å². The fourth-order valence-electron chi connectivity index (χ4n) is 3.25. The number of anilines is 2. The maximum absolute atomic E-state index is 11.8. The summed E-state index contributed by atoms with van der Waals surface area (Å²) in [7, 11) is 0. The molecule has 2 aromatic heterocycles. The van der Waals surface area contributed by atoms with Crippen molar-refractivity contribution in [1.29, 1.82) is 0 Å². The quantitative estimate of drug-likeness (QED) is 0.618. The largest absolute Gasteiger partial charge is 0.397 e. The first-order chi connectivity index (χ1) is 12.9. The van der Waals surface area contributed by atoms with Gasteiger partial charge in [0.1, 0.15) is 9.71 Å². The Morgan fingerprint density at radius 1 is 1.19 bits per heavy atom. The van der Waals surface area contributed by atoms with Crippen molar-refractivity contribution in [2.45, 2.75) is 18.9 Å². The van der Waals surface area contributed by atoms with Gasteiger partial charge < -0.3 is 22.1 Å². The van der Waals surface area contributed by atoms with Gasteiger partial charge in [0.15, 0.2) is 0 Å². The molecule has 1 amide bonds. The van der Waals surface area contributed by atoms with Crippen LogP contribution in [0.1, 0.15) is 22.5 Å². The van der Waals surface area contributed by atoms with E-state index in [1.54, 1.807) is 12.1 Å². The SMILES string of the molecule is NC(=O)c1sc2nc(N3CCC(N)CC3)nc(-c3ccc(Cl)cc3)c2c1N. The molecule has 3 aromatic rings. The molecule has 0 radical (unpaired) electrons. The van der Waals surface area contributed by atoms with Crippen molar-refractivity contribution in [3.8, 4) is 11.3 Å². The number of nitrogen functional groups attached to an aromatic ring is 1. The lowest BCUT2D eigenvalue weighted by molar-refractivity contribution is 0.100. The number of nitrogens with zero attached hydrogens (tertiary/aromatic N) is 3. The van der Waals surface area contributed by atoms with Crippen molar-refractivity contribution in [2.75, 3.05) is 23.7 Å². The van der Waals surface area contributed by atoms with E-state index in [1.165, 1.54) is 11.3 Å². The summed E-state index contributed by atoms with van der Waals surface area (Å²) < 4.78 is 0. The average Bonchev–Trinajstić information content (AvgIpc) is 2.99. The van der Waals surface area contributed by atoms with E-state index in [9.17, 15) is 4.79 Å². The number of carbonyl (C=O) groups excluding carboxylic acids is 1. The molecule has 1 fully saturated rings.